The average molecular weight is 538 g/mol. The molecular weight excluding hydrogens is 511 g/mol. The van der Waals surface area contributed by atoms with Crippen molar-refractivity contribution in [3.8, 4) is 17.2 Å². The Morgan fingerprint density at radius 1 is 1.14 bits per heavy atom. The Labute approximate surface area is 191 Å². The second-order valence-electron chi connectivity index (χ2n) is 5.39. The van der Waals surface area contributed by atoms with Gasteiger partial charge in [-0.05, 0) is 24.1 Å². The summed E-state index contributed by atoms with van der Waals surface area (Å²) < 4.78 is 17.2. The summed E-state index contributed by atoms with van der Waals surface area (Å²) >= 11 is 3.45. The normalized spacial score (nSPS) is 10.8. The molecule has 156 valence electrons. The summed E-state index contributed by atoms with van der Waals surface area (Å²) in [5.74, 6) is 3.63. The van der Waals surface area contributed by atoms with E-state index in [-0.39, 0.29) is 24.0 Å². The van der Waals surface area contributed by atoms with Crippen molar-refractivity contribution in [2.24, 2.45) is 4.99 Å². The number of aliphatic imine (C=N–C) groups is 1. The molecule has 0 aliphatic heterocycles. The highest BCUT2D eigenvalue weighted by Crippen LogP contribution is 2.38. The highest BCUT2D eigenvalue weighted by Gasteiger charge is 2.13. The van der Waals surface area contributed by atoms with Gasteiger partial charge in [-0.25, -0.2) is 4.98 Å². The molecule has 2 rings (SSSR count). The fraction of sp³-hybridized carbons (Fsp3) is 0.444. The van der Waals surface area contributed by atoms with Crippen LogP contribution in [0.5, 0.6) is 17.2 Å². The van der Waals surface area contributed by atoms with Gasteiger partial charge in [0.05, 0.1) is 21.3 Å². The van der Waals surface area contributed by atoms with Crippen molar-refractivity contribution in [1.82, 2.24) is 15.6 Å². The number of methoxy groups -OCH3 is 3. The number of hydrogen-bond donors (Lipinski definition) is 2. The second kappa shape index (κ2) is 13.7. The summed E-state index contributed by atoms with van der Waals surface area (Å²) in [5, 5.41) is 8.62. The molecule has 0 bridgehead atoms. The third-order valence-corrected chi connectivity index (χ3v) is 5.71. The van der Waals surface area contributed by atoms with Crippen LogP contribution < -0.4 is 24.8 Å². The minimum atomic E-state index is 0. The number of benzene rings is 1. The van der Waals surface area contributed by atoms with Gasteiger partial charge in [-0.1, -0.05) is 11.8 Å². The number of guanidine groups is 1. The predicted molar refractivity (Wildman–Crippen MR) is 127 cm³/mol. The van der Waals surface area contributed by atoms with Crippen LogP contribution in [-0.2, 0) is 6.54 Å². The minimum absolute atomic E-state index is 0. The van der Waals surface area contributed by atoms with Crippen LogP contribution in [0, 0.1) is 0 Å². The Morgan fingerprint density at radius 3 is 2.39 bits per heavy atom. The predicted octanol–water partition coefficient (Wildman–Crippen LogP) is 3.63. The van der Waals surface area contributed by atoms with Gasteiger partial charge in [0, 0.05) is 37.5 Å². The zero-order valence-corrected chi connectivity index (χ0v) is 20.4. The Kier molecular flexibility index (Phi) is 12.1. The molecule has 1 aromatic heterocycles. The molecule has 1 heterocycles. The standard InChI is InChI=1S/C18H26N4O3S2.HI/c1-19-17(20-6-5-8-26-18-21-7-9-27-18)22-12-13-10-14(23-2)16(25-4)15(11-13)24-3;/h7,9-11H,5-6,8,12H2,1-4H3,(H2,19,20,22);1H. The zero-order valence-electron chi connectivity index (χ0n) is 16.5. The summed E-state index contributed by atoms with van der Waals surface area (Å²) in [6, 6.07) is 3.85. The van der Waals surface area contributed by atoms with Gasteiger partial charge in [0.2, 0.25) is 5.75 Å². The first kappa shape index (κ1) is 24.6. The molecular formula is C18H27IN4O3S2. The summed E-state index contributed by atoms with van der Waals surface area (Å²) in [6.07, 6.45) is 2.86. The smallest absolute Gasteiger partial charge is 0.203 e. The van der Waals surface area contributed by atoms with E-state index in [9.17, 15) is 0 Å². The van der Waals surface area contributed by atoms with Crippen LogP contribution in [0.3, 0.4) is 0 Å². The molecule has 0 unspecified atom stereocenters. The molecule has 0 saturated heterocycles. The molecule has 0 amide bonds. The molecule has 28 heavy (non-hydrogen) atoms. The van der Waals surface area contributed by atoms with Crippen LogP contribution >= 0.6 is 47.1 Å². The van der Waals surface area contributed by atoms with E-state index in [1.54, 1.807) is 51.5 Å². The topological polar surface area (TPSA) is 77.0 Å². The van der Waals surface area contributed by atoms with E-state index in [0.29, 0.717) is 23.8 Å². The van der Waals surface area contributed by atoms with Crippen LogP contribution in [0.15, 0.2) is 33.0 Å². The summed E-state index contributed by atoms with van der Waals surface area (Å²) in [6.45, 7) is 1.43. The van der Waals surface area contributed by atoms with Gasteiger partial charge < -0.3 is 24.8 Å². The van der Waals surface area contributed by atoms with E-state index in [1.165, 1.54) is 0 Å². The SMILES string of the molecule is CN=C(NCCCSc1nccs1)NCc1cc(OC)c(OC)c(OC)c1.I. The third-order valence-electron chi connectivity index (χ3n) is 3.66. The molecule has 0 radical (unpaired) electrons. The van der Waals surface area contributed by atoms with Gasteiger partial charge in [-0.2, -0.15) is 0 Å². The number of halogens is 1. The molecule has 10 heteroatoms. The van der Waals surface area contributed by atoms with Crippen molar-refractivity contribution < 1.29 is 14.2 Å². The van der Waals surface area contributed by atoms with Crippen LogP contribution in [0.2, 0.25) is 0 Å². The molecule has 2 N–H and O–H groups in total. The van der Waals surface area contributed by atoms with Crippen molar-refractivity contribution in [3.63, 3.8) is 0 Å². The van der Waals surface area contributed by atoms with Gasteiger partial charge in [-0.15, -0.1) is 35.3 Å². The van der Waals surface area contributed by atoms with Crippen LogP contribution in [-0.4, -0.2) is 51.6 Å². The van der Waals surface area contributed by atoms with Gasteiger partial charge >= 0.3 is 0 Å². The van der Waals surface area contributed by atoms with Crippen LogP contribution in [0.1, 0.15) is 12.0 Å². The first-order valence-corrected chi connectivity index (χ1v) is 10.3. The maximum absolute atomic E-state index is 5.39. The monoisotopic (exact) mass is 538 g/mol. The Balaban J connectivity index is 0.00000392. The zero-order chi connectivity index (χ0) is 19.5. The fourth-order valence-electron chi connectivity index (χ4n) is 2.36. The number of thiazole rings is 1. The van der Waals surface area contributed by atoms with Gasteiger partial charge in [0.25, 0.3) is 0 Å². The fourth-order valence-corrected chi connectivity index (χ4v) is 4.01. The largest absolute Gasteiger partial charge is 0.493 e. The summed E-state index contributed by atoms with van der Waals surface area (Å²) in [5.41, 5.74) is 1.01. The van der Waals surface area contributed by atoms with Crippen LogP contribution in [0.4, 0.5) is 0 Å². The van der Waals surface area contributed by atoms with Gasteiger partial charge in [0.15, 0.2) is 17.5 Å². The van der Waals surface area contributed by atoms with Crippen molar-refractivity contribution >= 4 is 53.0 Å². The molecule has 0 fully saturated rings. The molecule has 1 aromatic carbocycles. The van der Waals surface area contributed by atoms with Gasteiger partial charge in [0.1, 0.15) is 4.34 Å². The van der Waals surface area contributed by atoms with E-state index in [4.69, 9.17) is 14.2 Å². The van der Waals surface area contributed by atoms with E-state index in [0.717, 1.165) is 34.6 Å². The minimum Gasteiger partial charge on any atom is -0.493 e. The lowest BCUT2D eigenvalue weighted by atomic mass is 10.2. The molecule has 2 aromatic rings. The van der Waals surface area contributed by atoms with Crippen LogP contribution in [0.25, 0.3) is 0 Å². The number of nitrogens with zero attached hydrogens (tertiary/aromatic N) is 2. The maximum Gasteiger partial charge on any atom is 0.203 e. The third kappa shape index (κ3) is 7.55. The Hall–Kier alpha value is -1.40. The van der Waals surface area contributed by atoms with Crippen molar-refractivity contribution in [1.29, 1.82) is 0 Å². The van der Waals surface area contributed by atoms with E-state index >= 15 is 0 Å². The molecule has 7 nitrogen and oxygen atoms in total. The maximum atomic E-state index is 5.39. The Bertz CT molecular complexity index is 705. The molecule has 0 aliphatic carbocycles. The van der Waals surface area contributed by atoms with Crippen molar-refractivity contribution in [2.75, 3.05) is 40.7 Å². The molecule has 0 saturated carbocycles. The summed E-state index contributed by atoms with van der Waals surface area (Å²) in [4.78, 5) is 8.52. The second-order valence-corrected chi connectivity index (χ2v) is 7.62. The lowest BCUT2D eigenvalue weighted by Crippen LogP contribution is -2.37. The van der Waals surface area contributed by atoms with E-state index in [2.05, 4.69) is 20.6 Å². The number of aromatic nitrogens is 1. The lowest BCUT2D eigenvalue weighted by Gasteiger charge is -2.16. The molecule has 0 atom stereocenters. The lowest BCUT2D eigenvalue weighted by molar-refractivity contribution is 0.323. The average Bonchev–Trinajstić information content (AvgIpc) is 3.22. The molecule has 0 spiro atoms. The highest BCUT2D eigenvalue weighted by atomic mass is 127. The number of ether oxygens (including phenoxy) is 3. The van der Waals surface area contributed by atoms with Gasteiger partial charge in [-0.3, -0.25) is 4.99 Å². The molecule has 0 aliphatic rings. The number of rotatable bonds is 10. The number of thioether (sulfide) groups is 1. The van der Waals surface area contributed by atoms with Crippen molar-refractivity contribution in [3.05, 3.63) is 29.3 Å². The quantitative estimate of drug-likeness (QED) is 0.157. The van der Waals surface area contributed by atoms with E-state index in [1.807, 2.05) is 23.7 Å². The van der Waals surface area contributed by atoms with E-state index < -0.39 is 0 Å². The highest BCUT2D eigenvalue weighted by molar-refractivity contribution is 14.0. The number of nitrogens with one attached hydrogen (secondary N) is 2. The first-order valence-electron chi connectivity index (χ1n) is 8.47. The first-order chi connectivity index (χ1) is 13.2. The Morgan fingerprint density at radius 2 is 1.86 bits per heavy atom. The number of hydrogen-bond acceptors (Lipinski definition) is 7. The summed E-state index contributed by atoms with van der Waals surface area (Å²) in [7, 11) is 6.57. The van der Waals surface area contributed by atoms with Crippen molar-refractivity contribution in [2.45, 2.75) is 17.3 Å².